The van der Waals surface area contributed by atoms with Crippen LogP contribution >= 0.6 is 0 Å². The molecule has 52 valence electrons. The predicted molar refractivity (Wildman–Crippen MR) is 30.9 cm³/mol. The molecule has 0 aliphatic heterocycles. The van der Waals surface area contributed by atoms with Crippen LogP contribution in [0, 0.1) is 5.92 Å². The van der Waals surface area contributed by atoms with Crippen molar-refractivity contribution in [2.75, 3.05) is 6.54 Å². The molecular weight excluding hydrogens is 122 g/mol. The fraction of sp³-hybridized carbons (Fsp3) is 0.600. The lowest BCUT2D eigenvalue weighted by atomic mass is 10.1. The van der Waals surface area contributed by atoms with E-state index in [1.165, 1.54) is 0 Å². The van der Waals surface area contributed by atoms with Crippen molar-refractivity contribution in [3.63, 3.8) is 0 Å². The number of carboxylic acid groups (broad SMARTS) is 1. The zero-order valence-corrected chi connectivity index (χ0v) is 4.91. The Kier molecular flexibility index (Phi) is 3.62. The molecule has 0 saturated heterocycles. The van der Waals surface area contributed by atoms with Gasteiger partial charge < -0.3 is 15.6 Å². The van der Waals surface area contributed by atoms with Crippen molar-refractivity contribution in [1.29, 1.82) is 0 Å². The van der Waals surface area contributed by atoms with Crippen LogP contribution in [-0.4, -0.2) is 23.9 Å². The van der Waals surface area contributed by atoms with Crippen LogP contribution in [0.15, 0.2) is 0 Å². The molecule has 0 spiro atoms. The first-order valence-corrected chi connectivity index (χ1v) is 2.59. The third kappa shape index (κ3) is 2.81. The van der Waals surface area contributed by atoms with E-state index in [4.69, 9.17) is 10.8 Å². The highest BCUT2D eigenvalue weighted by molar-refractivity contribution is 5.73. The molecule has 0 fully saturated rings. The number of carbonyl (C=O) groups is 2. The first-order chi connectivity index (χ1) is 4.22. The van der Waals surface area contributed by atoms with Gasteiger partial charge in [0, 0.05) is 13.0 Å². The summed E-state index contributed by atoms with van der Waals surface area (Å²) in [6.07, 6.45) is 0.567. The number of nitrogens with two attached hydrogens (primary N) is 1. The van der Waals surface area contributed by atoms with Gasteiger partial charge >= 0.3 is 5.97 Å². The van der Waals surface area contributed by atoms with E-state index in [9.17, 15) is 9.59 Å². The molecule has 3 N–H and O–H groups in total. The Hall–Kier alpha value is -0.900. The minimum atomic E-state index is -1.01. The van der Waals surface area contributed by atoms with Crippen molar-refractivity contribution < 1.29 is 14.7 Å². The van der Waals surface area contributed by atoms with Crippen molar-refractivity contribution in [2.45, 2.75) is 6.42 Å². The Morgan fingerprint density at radius 3 is 2.44 bits per heavy atom. The Morgan fingerprint density at radius 1 is 1.78 bits per heavy atom. The van der Waals surface area contributed by atoms with Crippen LogP contribution in [0.4, 0.5) is 0 Å². The monoisotopic (exact) mass is 131 g/mol. The number of aliphatic carboxylic acids is 1. The first-order valence-electron chi connectivity index (χ1n) is 2.59. The number of aldehydes is 1. The molecule has 0 rings (SSSR count). The summed E-state index contributed by atoms with van der Waals surface area (Å²) in [5, 5.41) is 8.27. The maximum absolute atomic E-state index is 10.1. The van der Waals surface area contributed by atoms with Crippen LogP contribution in [0.2, 0.25) is 0 Å². The molecule has 4 nitrogen and oxygen atoms in total. The molecule has 0 bridgehead atoms. The molecular formula is C5H9NO3. The second-order valence-electron chi connectivity index (χ2n) is 1.67. The second kappa shape index (κ2) is 4.03. The van der Waals surface area contributed by atoms with Gasteiger partial charge in [-0.2, -0.15) is 0 Å². The van der Waals surface area contributed by atoms with E-state index in [0.717, 1.165) is 0 Å². The Balaban J connectivity index is 3.67. The maximum atomic E-state index is 10.1. The normalized spacial score (nSPS) is 12.6. The Morgan fingerprint density at radius 2 is 2.33 bits per heavy atom. The smallest absolute Gasteiger partial charge is 0.308 e. The van der Waals surface area contributed by atoms with Crippen molar-refractivity contribution in [2.24, 2.45) is 11.7 Å². The molecule has 9 heavy (non-hydrogen) atoms. The molecule has 0 aromatic rings. The highest BCUT2D eigenvalue weighted by Gasteiger charge is 2.13. The summed E-state index contributed by atoms with van der Waals surface area (Å²) in [6.45, 7) is 0.0219. The molecule has 0 aromatic heterocycles. The van der Waals surface area contributed by atoms with Gasteiger partial charge in [-0.25, -0.2) is 0 Å². The van der Waals surface area contributed by atoms with Crippen LogP contribution in [0.1, 0.15) is 6.42 Å². The fourth-order valence-corrected chi connectivity index (χ4v) is 0.414. The quantitative estimate of drug-likeness (QED) is 0.491. The van der Waals surface area contributed by atoms with Crippen molar-refractivity contribution in [3.05, 3.63) is 0 Å². The lowest BCUT2D eigenvalue weighted by Gasteiger charge is -2.01. The van der Waals surface area contributed by atoms with Gasteiger partial charge in [0.15, 0.2) is 0 Å². The van der Waals surface area contributed by atoms with Crippen molar-refractivity contribution in [1.82, 2.24) is 0 Å². The maximum Gasteiger partial charge on any atom is 0.308 e. The van der Waals surface area contributed by atoms with Crippen LogP contribution in [0.25, 0.3) is 0 Å². The van der Waals surface area contributed by atoms with E-state index < -0.39 is 11.9 Å². The van der Waals surface area contributed by atoms with Gasteiger partial charge in [0.2, 0.25) is 0 Å². The topological polar surface area (TPSA) is 80.4 Å². The molecule has 0 aliphatic rings. The van der Waals surface area contributed by atoms with Gasteiger partial charge in [0.25, 0.3) is 0 Å². The third-order valence-corrected chi connectivity index (χ3v) is 1.01. The van der Waals surface area contributed by atoms with Gasteiger partial charge in [0.1, 0.15) is 6.29 Å². The molecule has 1 unspecified atom stereocenters. The summed E-state index contributed by atoms with van der Waals surface area (Å²) in [6, 6.07) is 0. The zero-order valence-electron chi connectivity index (χ0n) is 4.91. The highest BCUT2D eigenvalue weighted by Crippen LogP contribution is 1.96. The average Bonchev–Trinajstić information content (AvgIpc) is 1.82. The average molecular weight is 131 g/mol. The molecule has 0 heterocycles. The SMILES string of the molecule is NCC(CC=O)C(=O)O. The summed E-state index contributed by atoms with van der Waals surface area (Å²) in [5.74, 6) is -1.72. The summed E-state index contributed by atoms with van der Waals surface area (Å²) in [4.78, 5) is 19.8. The largest absolute Gasteiger partial charge is 0.481 e. The fourth-order valence-electron chi connectivity index (χ4n) is 0.414. The van der Waals surface area contributed by atoms with Crippen LogP contribution < -0.4 is 5.73 Å². The molecule has 0 amide bonds. The van der Waals surface area contributed by atoms with Crippen molar-refractivity contribution >= 4 is 12.3 Å². The zero-order chi connectivity index (χ0) is 7.28. The molecule has 0 saturated carbocycles. The van der Waals surface area contributed by atoms with Gasteiger partial charge in [-0.1, -0.05) is 0 Å². The van der Waals surface area contributed by atoms with E-state index in [-0.39, 0.29) is 13.0 Å². The van der Waals surface area contributed by atoms with E-state index in [1.54, 1.807) is 0 Å². The molecule has 0 aliphatic carbocycles. The second-order valence-corrected chi connectivity index (χ2v) is 1.67. The van der Waals surface area contributed by atoms with Gasteiger partial charge in [-0.3, -0.25) is 4.79 Å². The predicted octanol–water partition coefficient (Wildman–Crippen LogP) is -0.765. The van der Waals surface area contributed by atoms with Crippen molar-refractivity contribution in [3.8, 4) is 0 Å². The minimum absolute atomic E-state index is 0.00579. The van der Waals surface area contributed by atoms with E-state index in [0.29, 0.717) is 6.29 Å². The Labute approximate surface area is 52.7 Å². The van der Waals surface area contributed by atoms with Gasteiger partial charge in [-0.15, -0.1) is 0 Å². The van der Waals surface area contributed by atoms with Crippen LogP contribution in [0.5, 0.6) is 0 Å². The summed E-state index contributed by atoms with van der Waals surface area (Å²) < 4.78 is 0. The standard InChI is InChI=1S/C5H9NO3/c6-3-4(1-2-7)5(8)9/h2,4H,1,3,6H2,(H,8,9). The highest BCUT2D eigenvalue weighted by atomic mass is 16.4. The molecule has 0 radical (unpaired) electrons. The van der Waals surface area contributed by atoms with E-state index in [1.807, 2.05) is 0 Å². The lowest BCUT2D eigenvalue weighted by Crippen LogP contribution is -2.23. The van der Waals surface area contributed by atoms with Crippen LogP contribution in [-0.2, 0) is 9.59 Å². The number of hydrogen-bond acceptors (Lipinski definition) is 3. The lowest BCUT2D eigenvalue weighted by molar-refractivity contribution is -0.142. The summed E-state index contributed by atoms with van der Waals surface area (Å²) in [7, 11) is 0. The number of carbonyl (C=O) groups excluding carboxylic acids is 1. The first kappa shape index (κ1) is 8.10. The minimum Gasteiger partial charge on any atom is -0.481 e. The molecule has 4 heteroatoms. The van der Waals surface area contributed by atoms with Gasteiger partial charge in [0.05, 0.1) is 5.92 Å². The summed E-state index contributed by atoms with van der Waals surface area (Å²) >= 11 is 0. The van der Waals surface area contributed by atoms with Gasteiger partial charge in [-0.05, 0) is 0 Å². The van der Waals surface area contributed by atoms with Crippen LogP contribution in [0.3, 0.4) is 0 Å². The van der Waals surface area contributed by atoms with E-state index in [2.05, 4.69) is 0 Å². The molecule has 1 atom stereocenters. The Bertz CT molecular complexity index is 113. The number of rotatable bonds is 4. The number of carboxylic acids is 1. The number of hydrogen-bond donors (Lipinski definition) is 2. The van der Waals surface area contributed by atoms with E-state index >= 15 is 0 Å². The molecule has 0 aromatic carbocycles. The third-order valence-electron chi connectivity index (χ3n) is 1.01. The summed E-state index contributed by atoms with van der Waals surface area (Å²) in [5.41, 5.74) is 5.02.